The van der Waals surface area contributed by atoms with Crippen molar-refractivity contribution < 1.29 is 9.50 Å². The molecule has 18 heavy (non-hydrogen) atoms. The van der Waals surface area contributed by atoms with Crippen LogP contribution in [0.25, 0.3) is 5.76 Å². The molecule has 2 aromatic carbocycles. The predicted molar refractivity (Wildman–Crippen MR) is 75.0 cm³/mol. The fourth-order valence-corrected chi connectivity index (χ4v) is 2.73. The van der Waals surface area contributed by atoms with Crippen LogP contribution in [0.4, 0.5) is 4.39 Å². The van der Waals surface area contributed by atoms with Gasteiger partial charge in [0.25, 0.3) is 0 Å². The minimum Gasteiger partial charge on any atom is -0.503 e. The van der Waals surface area contributed by atoms with E-state index in [0.29, 0.717) is 0 Å². The summed E-state index contributed by atoms with van der Waals surface area (Å²) < 4.78 is 12.8. The Morgan fingerprint density at radius 2 is 1.67 bits per heavy atom. The van der Waals surface area contributed by atoms with Crippen LogP contribution in [0.1, 0.15) is 5.56 Å². The van der Waals surface area contributed by atoms with Crippen LogP contribution in [0, 0.1) is 5.82 Å². The predicted octanol–water partition coefficient (Wildman–Crippen LogP) is 3.99. The van der Waals surface area contributed by atoms with Crippen molar-refractivity contribution in [2.45, 2.75) is 4.90 Å². The molecule has 1 nitrogen and oxygen atoms in total. The Hall–Kier alpha value is -1.74. The summed E-state index contributed by atoms with van der Waals surface area (Å²) >= 11 is 0. The number of hydrogen-bond donors (Lipinski definition) is 1. The van der Waals surface area contributed by atoms with Crippen molar-refractivity contribution >= 4 is 16.7 Å². The third-order valence-electron chi connectivity index (χ3n) is 2.54. The second-order valence-electron chi connectivity index (χ2n) is 3.88. The van der Waals surface area contributed by atoms with Gasteiger partial charge in [-0.1, -0.05) is 30.3 Å². The van der Waals surface area contributed by atoms with E-state index < -0.39 is 0 Å². The maximum atomic E-state index is 12.8. The summed E-state index contributed by atoms with van der Waals surface area (Å²) in [4.78, 5) is 0.999. The zero-order valence-corrected chi connectivity index (χ0v) is 10.8. The summed E-state index contributed by atoms with van der Waals surface area (Å²) in [6, 6.07) is 15.7. The molecule has 3 heteroatoms. The molecule has 0 aliphatic heterocycles. The molecule has 0 aliphatic rings. The number of aliphatic hydroxyl groups is 1. The van der Waals surface area contributed by atoms with Crippen molar-refractivity contribution in [3.8, 4) is 0 Å². The van der Waals surface area contributed by atoms with Gasteiger partial charge in [0.05, 0.1) is 10.9 Å². The van der Waals surface area contributed by atoms with Crippen molar-refractivity contribution in [3.63, 3.8) is 0 Å². The molecule has 92 valence electrons. The number of aliphatic hydroxyl groups excluding tert-OH is 1. The highest BCUT2D eigenvalue weighted by Gasteiger charge is 2.14. The SMILES string of the molecule is C[S+](/C=C(\O)c1ccccc1)c1ccc(F)cc1. The molecule has 0 amide bonds. The summed E-state index contributed by atoms with van der Waals surface area (Å²) in [5.74, 6) is 0.0118. The van der Waals surface area contributed by atoms with Crippen molar-refractivity contribution in [2.75, 3.05) is 6.26 Å². The highest BCUT2D eigenvalue weighted by atomic mass is 32.2. The Morgan fingerprint density at radius 3 is 2.28 bits per heavy atom. The van der Waals surface area contributed by atoms with E-state index in [-0.39, 0.29) is 22.5 Å². The zero-order valence-electron chi connectivity index (χ0n) is 10.0. The highest BCUT2D eigenvalue weighted by molar-refractivity contribution is 7.99. The van der Waals surface area contributed by atoms with Crippen LogP contribution in [0.15, 0.2) is 64.9 Å². The van der Waals surface area contributed by atoms with Crippen molar-refractivity contribution in [2.24, 2.45) is 0 Å². The van der Waals surface area contributed by atoms with E-state index in [2.05, 4.69) is 0 Å². The first-order valence-electron chi connectivity index (χ1n) is 5.53. The molecular weight excluding hydrogens is 247 g/mol. The Morgan fingerprint density at radius 1 is 1.06 bits per heavy atom. The summed E-state index contributed by atoms with van der Waals surface area (Å²) in [5, 5.41) is 11.8. The van der Waals surface area contributed by atoms with Gasteiger partial charge in [-0.15, -0.1) is 0 Å². The van der Waals surface area contributed by atoms with Crippen LogP contribution in [0.3, 0.4) is 0 Å². The standard InChI is InChI=1S/C15H13FOS/c1-18(14-9-7-13(16)8-10-14)11-15(17)12-5-3-2-4-6-12/h2-11H,1H3/p+1/b15-11-. The van der Waals surface area contributed by atoms with Gasteiger partial charge < -0.3 is 5.11 Å². The molecule has 0 saturated heterocycles. The van der Waals surface area contributed by atoms with E-state index in [0.717, 1.165) is 10.5 Å². The van der Waals surface area contributed by atoms with Crippen LogP contribution < -0.4 is 0 Å². The summed E-state index contributed by atoms with van der Waals surface area (Å²) in [7, 11) is -0.251. The Labute approximate surface area is 109 Å². The van der Waals surface area contributed by atoms with Crippen LogP contribution in [0.2, 0.25) is 0 Å². The van der Waals surface area contributed by atoms with Gasteiger partial charge in [-0.05, 0) is 24.3 Å². The van der Waals surface area contributed by atoms with Gasteiger partial charge in [-0.25, -0.2) is 4.39 Å². The smallest absolute Gasteiger partial charge is 0.171 e. The number of benzene rings is 2. The van der Waals surface area contributed by atoms with E-state index >= 15 is 0 Å². The van der Waals surface area contributed by atoms with E-state index in [1.54, 1.807) is 17.5 Å². The van der Waals surface area contributed by atoms with Crippen LogP contribution in [-0.4, -0.2) is 11.4 Å². The summed E-state index contributed by atoms with van der Waals surface area (Å²) in [5.41, 5.74) is 0.791. The van der Waals surface area contributed by atoms with Crippen molar-refractivity contribution in [3.05, 3.63) is 71.4 Å². The minimum atomic E-state index is -0.251. The molecule has 2 aromatic rings. The Balaban J connectivity index is 2.20. The number of hydrogen-bond acceptors (Lipinski definition) is 1. The lowest BCUT2D eigenvalue weighted by Crippen LogP contribution is -1.97. The lowest BCUT2D eigenvalue weighted by atomic mass is 10.2. The first kappa shape index (κ1) is 12.7. The van der Waals surface area contributed by atoms with Crippen molar-refractivity contribution in [1.82, 2.24) is 0 Å². The van der Waals surface area contributed by atoms with E-state index in [9.17, 15) is 9.50 Å². The molecule has 1 unspecified atom stereocenters. The largest absolute Gasteiger partial charge is 0.503 e. The number of halogens is 1. The second kappa shape index (κ2) is 5.74. The lowest BCUT2D eigenvalue weighted by molar-refractivity contribution is 0.513. The van der Waals surface area contributed by atoms with Gasteiger partial charge in [-0.3, -0.25) is 0 Å². The average Bonchev–Trinajstić information content (AvgIpc) is 2.40. The van der Waals surface area contributed by atoms with E-state index in [1.807, 2.05) is 36.6 Å². The van der Waals surface area contributed by atoms with Gasteiger partial charge in [0.1, 0.15) is 12.1 Å². The fraction of sp³-hybridized carbons (Fsp3) is 0.0667. The minimum absolute atomic E-state index is 0.244. The molecule has 1 N–H and O–H groups in total. The summed E-state index contributed by atoms with van der Waals surface area (Å²) in [6.45, 7) is 0. The molecule has 1 atom stereocenters. The molecule has 0 bridgehead atoms. The normalized spacial score (nSPS) is 13.3. The Kier molecular flexibility index (Phi) is 4.05. The first-order valence-corrected chi connectivity index (χ1v) is 7.23. The highest BCUT2D eigenvalue weighted by Crippen LogP contribution is 2.18. The second-order valence-corrected chi connectivity index (χ2v) is 5.70. The zero-order chi connectivity index (χ0) is 13.0. The molecule has 0 aromatic heterocycles. The Bertz CT molecular complexity index is 534. The monoisotopic (exact) mass is 261 g/mol. The third-order valence-corrected chi connectivity index (χ3v) is 4.14. The van der Waals surface area contributed by atoms with Gasteiger partial charge in [0.2, 0.25) is 0 Å². The van der Waals surface area contributed by atoms with Gasteiger partial charge in [0, 0.05) is 5.56 Å². The number of rotatable bonds is 3. The maximum absolute atomic E-state index is 12.8. The molecular formula is C15H14FOS+. The molecule has 0 fully saturated rings. The molecule has 0 aliphatic carbocycles. The average molecular weight is 261 g/mol. The van der Waals surface area contributed by atoms with Crippen LogP contribution >= 0.6 is 0 Å². The van der Waals surface area contributed by atoms with Gasteiger partial charge >= 0.3 is 0 Å². The fourth-order valence-electron chi connectivity index (χ4n) is 1.56. The van der Waals surface area contributed by atoms with E-state index in [1.165, 1.54) is 12.1 Å². The quantitative estimate of drug-likeness (QED) is 0.654. The third kappa shape index (κ3) is 3.14. The molecule has 2 rings (SSSR count). The first-order chi connectivity index (χ1) is 8.66. The van der Waals surface area contributed by atoms with Gasteiger partial charge in [0.15, 0.2) is 16.1 Å². The summed E-state index contributed by atoms with van der Waals surface area (Å²) in [6.07, 6.45) is 1.99. The van der Waals surface area contributed by atoms with Gasteiger partial charge in [-0.2, -0.15) is 0 Å². The van der Waals surface area contributed by atoms with Crippen LogP contribution in [-0.2, 0) is 10.9 Å². The molecule has 0 heterocycles. The molecule has 0 spiro atoms. The maximum Gasteiger partial charge on any atom is 0.171 e. The van der Waals surface area contributed by atoms with E-state index in [4.69, 9.17) is 0 Å². The lowest BCUT2D eigenvalue weighted by Gasteiger charge is -2.00. The molecule has 0 radical (unpaired) electrons. The molecule has 0 saturated carbocycles. The van der Waals surface area contributed by atoms with Crippen molar-refractivity contribution in [1.29, 1.82) is 0 Å². The topological polar surface area (TPSA) is 20.2 Å². The van der Waals surface area contributed by atoms with Crippen LogP contribution in [0.5, 0.6) is 0 Å².